The van der Waals surface area contributed by atoms with Gasteiger partial charge >= 0.3 is 0 Å². The molecule has 3 rings (SSSR count). The van der Waals surface area contributed by atoms with Crippen LogP contribution in [0.1, 0.15) is 21.7 Å². The van der Waals surface area contributed by atoms with Crippen molar-refractivity contribution < 1.29 is 9.72 Å². The average Bonchev–Trinajstić information content (AvgIpc) is 2.94. The minimum Gasteiger partial charge on any atom is -0.335 e. The standard InChI is InChI=1S/C16H18BrN5O3/c1-11-14(17)15(19-18-11)16(23)21-7-5-20(6-8-21)10-12-3-2-4-13(9-12)22(24)25/h2-4,9H,5-8,10H2,1H3,(H,18,19). The van der Waals surface area contributed by atoms with Crippen LogP contribution in [0.3, 0.4) is 0 Å². The van der Waals surface area contributed by atoms with Crippen molar-refractivity contribution in [1.29, 1.82) is 0 Å². The molecule has 9 heteroatoms. The van der Waals surface area contributed by atoms with Gasteiger partial charge in [0.25, 0.3) is 11.6 Å². The van der Waals surface area contributed by atoms with Crippen molar-refractivity contribution in [3.8, 4) is 0 Å². The predicted molar refractivity (Wildman–Crippen MR) is 95.3 cm³/mol. The van der Waals surface area contributed by atoms with E-state index in [0.29, 0.717) is 29.8 Å². The number of piperazine rings is 1. The lowest BCUT2D eigenvalue weighted by Crippen LogP contribution is -2.48. The first-order chi connectivity index (χ1) is 12.0. The third-order valence-electron chi connectivity index (χ3n) is 4.26. The number of aromatic nitrogens is 2. The number of carbonyl (C=O) groups excluding carboxylic acids is 1. The van der Waals surface area contributed by atoms with Gasteiger partial charge in [-0.25, -0.2) is 0 Å². The first kappa shape index (κ1) is 17.6. The predicted octanol–water partition coefficient (Wildman–Crippen LogP) is 2.35. The van der Waals surface area contributed by atoms with E-state index in [0.717, 1.165) is 24.3 Å². The number of H-pyrrole nitrogens is 1. The maximum atomic E-state index is 12.5. The minimum absolute atomic E-state index is 0.0915. The summed E-state index contributed by atoms with van der Waals surface area (Å²) >= 11 is 3.39. The average molecular weight is 408 g/mol. The highest BCUT2D eigenvalue weighted by Gasteiger charge is 2.26. The molecule has 1 aromatic carbocycles. The normalized spacial score (nSPS) is 15.4. The number of amides is 1. The van der Waals surface area contributed by atoms with Crippen LogP contribution in [-0.4, -0.2) is 57.0 Å². The van der Waals surface area contributed by atoms with Gasteiger partial charge in [-0.15, -0.1) is 0 Å². The molecule has 1 amide bonds. The Bertz CT molecular complexity index is 799. The zero-order chi connectivity index (χ0) is 18.0. The molecule has 0 bridgehead atoms. The number of halogens is 1. The number of hydrogen-bond acceptors (Lipinski definition) is 5. The summed E-state index contributed by atoms with van der Waals surface area (Å²) in [5.41, 5.74) is 2.24. The zero-order valence-corrected chi connectivity index (χ0v) is 15.3. The van der Waals surface area contributed by atoms with Crippen LogP contribution < -0.4 is 0 Å². The number of carbonyl (C=O) groups is 1. The van der Waals surface area contributed by atoms with Gasteiger partial charge in [0.05, 0.1) is 9.40 Å². The van der Waals surface area contributed by atoms with Crippen molar-refractivity contribution in [2.24, 2.45) is 0 Å². The largest absolute Gasteiger partial charge is 0.335 e. The number of nitrogens with one attached hydrogen (secondary N) is 1. The van der Waals surface area contributed by atoms with Gasteiger partial charge in [-0.2, -0.15) is 5.10 Å². The molecule has 25 heavy (non-hydrogen) atoms. The van der Waals surface area contributed by atoms with Gasteiger partial charge in [0, 0.05) is 50.6 Å². The third kappa shape index (κ3) is 3.88. The molecule has 0 unspecified atom stereocenters. The molecule has 0 atom stereocenters. The van der Waals surface area contributed by atoms with E-state index in [-0.39, 0.29) is 16.5 Å². The van der Waals surface area contributed by atoms with Gasteiger partial charge in [-0.3, -0.25) is 24.9 Å². The van der Waals surface area contributed by atoms with E-state index in [9.17, 15) is 14.9 Å². The Morgan fingerprint density at radius 1 is 1.36 bits per heavy atom. The summed E-state index contributed by atoms with van der Waals surface area (Å²) in [6.45, 7) is 5.13. The molecule has 1 fully saturated rings. The maximum Gasteiger partial charge on any atom is 0.275 e. The fraction of sp³-hybridized carbons (Fsp3) is 0.375. The molecule has 1 saturated heterocycles. The molecule has 132 valence electrons. The smallest absolute Gasteiger partial charge is 0.275 e. The molecule has 0 radical (unpaired) electrons. The van der Waals surface area contributed by atoms with Gasteiger partial charge in [-0.1, -0.05) is 12.1 Å². The van der Waals surface area contributed by atoms with Crippen molar-refractivity contribution in [3.63, 3.8) is 0 Å². The van der Waals surface area contributed by atoms with Crippen LogP contribution in [0, 0.1) is 17.0 Å². The quantitative estimate of drug-likeness (QED) is 0.619. The van der Waals surface area contributed by atoms with Crippen LogP contribution in [0.2, 0.25) is 0 Å². The number of nitro groups is 1. The number of nitro benzene ring substituents is 1. The second kappa shape index (κ2) is 7.32. The Kier molecular flexibility index (Phi) is 5.14. The van der Waals surface area contributed by atoms with Crippen molar-refractivity contribution in [2.45, 2.75) is 13.5 Å². The lowest BCUT2D eigenvalue weighted by Gasteiger charge is -2.34. The van der Waals surface area contributed by atoms with Crippen LogP contribution >= 0.6 is 15.9 Å². The summed E-state index contributed by atoms with van der Waals surface area (Å²) in [4.78, 5) is 27.0. The molecule has 1 N–H and O–H groups in total. The molecule has 2 aromatic rings. The number of hydrogen-bond donors (Lipinski definition) is 1. The maximum absolute atomic E-state index is 12.5. The van der Waals surface area contributed by atoms with E-state index in [1.54, 1.807) is 17.0 Å². The summed E-state index contributed by atoms with van der Waals surface area (Å²) in [6.07, 6.45) is 0. The summed E-state index contributed by atoms with van der Waals surface area (Å²) < 4.78 is 0.705. The minimum atomic E-state index is -0.385. The van der Waals surface area contributed by atoms with Crippen LogP contribution in [0.15, 0.2) is 28.7 Å². The fourth-order valence-electron chi connectivity index (χ4n) is 2.84. The third-order valence-corrected chi connectivity index (χ3v) is 5.23. The number of benzene rings is 1. The highest BCUT2D eigenvalue weighted by Crippen LogP contribution is 2.21. The first-order valence-corrected chi connectivity index (χ1v) is 8.70. The molecular weight excluding hydrogens is 390 g/mol. The van der Waals surface area contributed by atoms with Crippen molar-refractivity contribution >= 4 is 27.5 Å². The van der Waals surface area contributed by atoms with Gasteiger partial charge in [0.2, 0.25) is 0 Å². The molecular formula is C16H18BrN5O3. The van der Waals surface area contributed by atoms with Gasteiger partial charge in [0.1, 0.15) is 0 Å². The monoisotopic (exact) mass is 407 g/mol. The van der Waals surface area contributed by atoms with Crippen molar-refractivity contribution in [2.75, 3.05) is 26.2 Å². The van der Waals surface area contributed by atoms with Gasteiger partial charge in [-0.05, 0) is 28.4 Å². The van der Waals surface area contributed by atoms with Gasteiger partial charge in [0.15, 0.2) is 5.69 Å². The lowest BCUT2D eigenvalue weighted by molar-refractivity contribution is -0.384. The van der Waals surface area contributed by atoms with E-state index < -0.39 is 0 Å². The summed E-state index contributed by atoms with van der Waals surface area (Å²) in [6, 6.07) is 6.67. The lowest BCUT2D eigenvalue weighted by atomic mass is 10.1. The number of non-ortho nitro benzene ring substituents is 1. The van der Waals surface area contributed by atoms with E-state index >= 15 is 0 Å². The number of aryl methyl sites for hydroxylation is 1. The molecule has 8 nitrogen and oxygen atoms in total. The van der Waals surface area contributed by atoms with E-state index in [4.69, 9.17) is 0 Å². The van der Waals surface area contributed by atoms with Crippen LogP contribution in [0.5, 0.6) is 0 Å². The van der Waals surface area contributed by atoms with Crippen LogP contribution in [-0.2, 0) is 6.54 Å². The Hall–Kier alpha value is -2.26. The molecule has 0 saturated carbocycles. The van der Waals surface area contributed by atoms with Crippen LogP contribution in [0.4, 0.5) is 5.69 Å². The van der Waals surface area contributed by atoms with Crippen molar-refractivity contribution in [3.05, 3.63) is 55.8 Å². The molecule has 1 aliphatic rings. The molecule has 0 spiro atoms. The first-order valence-electron chi connectivity index (χ1n) is 7.91. The SMILES string of the molecule is Cc1[nH]nc(C(=O)N2CCN(Cc3cccc([N+](=O)[O-])c3)CC2)c1Br. The second-order valence-electron chi connectivity index (χ2n) is 6.01. The summed E-state index contributed by atoms with van der Waals surface area (Å²) in [5, 5.41) is 17.7. The van der Waals surface area contributed by atoms with Crippen LogP contribution in [0.25, 0.3) is 0 Å². The summed E-state index contributed by atoms with van der Waals surface area (Å²) in [5.74, 6) is -0.0915. The van der Waals surface area contributed by atoms with Gasteiger partial charge < -0.3 is 4.90 Å². The Balaban J connectivity index is 1.58. The summed E-state index contributed by atoms with van der Waals surface area (Å²) in [7, 11) is 0. The second-order valence-corrected chi connectivity index (χ2v) is 6.80. The Morgan fingerprint density at radius 2 is 2.08 bits per heavy atom. The number of aromatic amines is 1. The Labute approximate surface area is 153 Å². The molecule has 1 aromatic heterocycles. The van der Waals surface area contributed by atoms with E-state index in [2.05, 4.69) is 31.0 Å². The number of rotatable bonds is 4. The van der Waals surface area contributed by atoms with Crippen molar-refractivity contribution in [1.82, 2.24) is 20.0 Å². The fourth-order valence-corrected chi connectivity index (χ4v) is 3.19. The topological polar surface area (TPSA) is 95.4 Å². The molecule has 1 aliphatic heterocycles. The highest BCUT2D eigenvalue weighted by atomic mass is 79.9. The highest BCUT2D eigenvalue weighted by molar-refractivity contribution is 9.10. The molecule has 2 heterocycles. The van der Waals surface area contributed by atoms with E-state index in [1.807, 2.05) is 13.0 Å². The van der Waals surface area contributed by atoms with E-state index in [1.165, 1.54) is 6.07 Å². The Morgan fingerprint density at radius 3 is 2.68 bits per heavy atom. The number of nitrogens with zero attached hydrogens (tertiary/aromatic N) is 4. The molecule has 0 aliphatic carbocycles. The zero-order valence-electron chi connectivity index (χ0n) is 13.7.